The summed E-state index contributed by atoms with van der Waals surface area (Å²) in [5.74, 6) is 1.45. The molecular weight excluding hydrogens is 296 g/mol. The summed E-state index contributed by atoms with van der Waals surface area (Å²) in [4.78, 5) is 0.477. The molecule has 1 fully saturated rings. The van der Waals surface area contributed by atoms with E-state index in [1.807, 2.05) is 0 Å². The van der Waals surface area contributed by atoms with Crippen LogP contribution in [0.15, 0.2) is 24.3 Å². The first-order valence-electron chi connectivity index (χ1n) is 7.41. The number of benzene rings is 1. The minimum absolute atomic E-state index is 0.428. The van der Waals surface area contributed by atoms with E-state index >= 15 is 0 Å². The van der Waals surface area contributed by atoms with E-state index in [0.29, 0.717) is 15.7 Å². The predicted octanol–water partition coefficient (Wildman–Crippen LogP) is 6.00. The third-order valence-electron chi connectivity index (χ3n) is 5.37. The topological polar surface area (TPSA) is 0 Å². The van der Waals surface area contributed by atoms with Crippen molar-refractivity contribution in [3.05, 3.63) is 35.4 Å². The lowest BCUT2D eigenvalue weighted by atomic mass is 9.98. The summed E-state index contributed by atoms with van der Waals surface area (Å²) in [5, 5.41) is 0. The van der Waals surface area contributed by atoms with Gasteiger partial charge in [0.25, 0.3) is 0 Å². The largest absolute Gasteiger partial charge is 0.0835 e. The maximum Gasteiger partial charge on any atom is 0.0434 e. The monoisotopic (exact) mass is 322 g/mol. The van der Waals surface area contributed by atoms with Gasteiger partial charge in [-0.2, -0.15) is 0 Å². The maximum atomic E-state index is 3.94. The van der Waals surface area contributed by atoms with Crippen LogP contribution in [0.1, 0.15) is 57.5 Å². The van der Waals surface area contributed by atoms with Crippen LogP contribution in [0.3, 0.4) is 0 Å². The summed E-state index contributed by atoms with van der Waals surface area (Å²) in [6.07, 6.45) is 1.17. The summed E-state index contributed by atoms with van der Waals surface area (Å²) >= 11 is 3.94. The van der Waals surface area contributed by atoms with Gasteiger partial charge in [-0.15, -0.1) is 0 Å². The molecular formula is C18H27Br. The van der Waals surface area contributed by atoms with Crippen molar-refractivity contribution in [2.45, 2.75) is 52.8 Å². The molecule has 1 aromatic rings. The quantitative estimate of drug-likeness (QED) is 0.596. The molecule has 0 nitrogen and oxygen atoms in total. The van der Waals surface area contributed by atoms with E-state index in [1.165, 1.54) is 17.5 Å². The Kier molecular flexibility index (Phi) is 3.90. The lowest BCUT2D eigenvalue weighted by Crippen LogP contribution is -2.00. The van der Waals surface area contributed by atoms with Crippen LogP contribution >= 0.6 is 15.9 Å². The zero-order valence-corrected chi connectivity index (χ0v) is 14.7. The third-order valence-corrected chi connectivity index (χ3v) is 6.42. The van der Waals surface area contributed by atoms with Crippen LogP contribution in [0, 0.1) is 22.7 Å². The van der Waals surface area contributed by atoms with Crippen molar-refractivity contribution in [3.8, 4) is 0 Å². The highest BCUT2D eigenvalue weighted by molar-refractivity contribution is 9.09. The van der Waals surface area contributed by atoms with Gasteiger partial charge in [0.05, 0.1) is 0 Å². The van der Waals surface area contributed by atoms with Crippen molar-refractivity contribution >= 4 is 15.9 Å². The highest BCUT2D eigenvalue weighted by Gasteiger charge is 2.66. The van der Waals surface area contributed by atoms with Crippen molar-refractivity contribution in [2.75, 3.05) is 0 Å². The average molecular weight is 323 g/mol. The van der Waals surface area contributed by atoms with Crippen LogP contribution in [0.4, 0.5) is 0 Å². The fourth-order valence-electron chi connectivity index (χ4n) is 3.48. The van der Waals surface area contributed by atoms with Crippen LogP contribution in [0.25, 0.3) is 0 Å². The summed E-state index contributed by atoms with van der Waals surface area (Å²) in [6, 6.07) is 9.21. The number of halogens is 1. The molecule has 0 N–H and O–H groups in total. The van der Waals surface area contributed by atoms with Crippen LogP contribution in [-0.2, 0) is 6.42 Å². The van der Waals surface area contributed by atoms with Gasteiger partial charge in [0.15, 0.2) is 0 Å². The van der Waals surface area contributed by atoms with Gasteiger partial charge in [-0.25, -0.2) is 0 Å². The maximum absolute atomic E-state index is 3.94. The molecule has 1 saturated carbocycles. The fraction of sp³-hybridized carbons (Fsp3) is 0.667. The van der Waals surface area contributed by atoms with E-state index in [-0.39, 0.29) is 0 Å². The summed E-state index contributed by atoms with van der Waals surface area (Å²) < 4.78 is 0. The first kappa shape index (κ1) is 15.1. The van der Waals surface area contributed by atoms with E-state index in [2.05, 4.69) is 81.7 Å². The zero-order chi connectivity index (χ0) is 14.4. The third kappa shape index (κ3) is 2.63. The Labute approximate surface area is 127 Å². The molecule has 1 aliphatic carbocycles. The molecule has 1 unspecified atom stereocenters. The smallest absolute Gasteiger partial charge is 0.0434 e. The van der Waals surface area contributed by atoms with Crippen molar-refractivity contribution < 1.29 is 0 Å². The van der Waals surface area contributed by atoms with Gasteiger partial charge < -0.3 is 0 Å². The standard InChI is InChI=1S/C18H27Br/c1-12(2)11-13-7-9-14(10-8-13)15(19)16-17(3,4)18(16,5)6/h7-10,12,15-16H,11H2,1-6H3. The number of alkyl halides is 1. The molecule has 0 amide bonds. The SMILES string of the molecule is CC(C)Cc1ccc(C(Br)C2C(C)(C)C2(C)C)cc1. The molecule has 0 aromatic heterocycles. The second-order valence-corrected chi connectivity index (χ2v) is 8.65. The molecule has 1 aliphatic rings. The Morgan fingerprint density at radius 1 is 1.00 bits per heavy atom. The highest BCUT2D eigenvalue weighted by atomic mass is 79.9. The summed E-state index contributed by atoms with van der Waals surface area (Å²) in [7, 11) is 0. The van der Waals surface area contributed by atoms with Gasteiger partial charge in [-0.3, -0.25) is 0 Å². The molecule has 1 aromatic carbocycles. The van der Waals surface area contributed by atoms with Crippen LogP contribution in [0.5, 0.6) is 0 Å². The Morgan fingerprint density at radius 3 is 1.84 bits per heavy atom. The molecule has 0 aliphatic heterocycles. The molecule has 1 atom stereocenters. The predicted molar refractivity (Wildman–Crippen MR) is 87.7 cm³/mol. The minimum atomic E-state index is 0.428. The fourth-order valence-corrected chi connectivity index (χ4v) is 5.11. The van der Waals surface area contributed by atoms with Crippen molar-refractivity contribution in [1.82, 2.24) is 0 Å². The summed E-state index contributed by atoms with van der Waals surface area (Å²) in [5.41, 5.74) is 3.74. The van der Waals surface area contributed by atoms with Gasteiger partial charge in [0.1, 0.15) is 0 Å². The van der Waals surface area contributed by atoms with Crippen LogP contribution in [0.2, 0.25) is 0 Å². The number of rotatable bonds is 4. The Morgan fingerprint density at radius 2 is 1.47 bits per heavy atom. The Balaban J connectivity index is 2.11. The van der Waals surface area contributed by atoms with Crippen LogP contribution < -0.4 is 0 Å². The van der Waals surface area contributed by atoms with Gasteiger partial charge in [-0.1, -0.05) is 81.7 Å². The lowest BCUT2D eigenvalue weighted by Gasteiger charge is -2.14. The molecule has 0 radical (unpaired) electrons. The molecule has 106 valence electrons. The van der Waals surface area contributed by atoms with Crippen molar-refractivity contribution in [1.29, 1.82) is 0 Å². The normalized spacial score (nSPS) is 22.5. The molecule has 19 heavy (non-hydrogen) atoms. The zero-order valence-electron chi connectivity index (χ0n) is 13.1. The van der Waals surface area contributed by atoms with Gasteiger partial charge in [0, 0.05) is 4.83 Å². The van der Waals surface area contributed by atoms with Gasteiger partial charge in [-0.05, 0) is 40.2 Å². The molecule has 0 heterocycles. The summed E-state index contributed by atoms with van der Waals surface area (Å²) in [6.45, 7) is 14.1. The molecule has 2 rings (SSSR count). The number of hydrogen-bond acceptors (Lipinski definition) is 0. The first-order chi connectivity index (χ1) is 8.68. The second kappa shape index (κ2) is 4.91. The lowest BCUT2D eigenvalue weighted by molar-refractivity contribution is 0.457. The van der Waals surface area contributed by atoms with E-state index in [1.54, 1.807) is 0 Å². The molecule has 0 bridgehead atoms. The van der Waals surface area contributed by atoms with Gasteiger partial charge >= 0.3 is 0 Å². The molecule has 1 heteroatoms. The van der Waals surface area contributed by atoms with Gasteiger partial charge in [0.2, 0.25) is 0 Å². The van der Waals surface area contributed by atoms with E-state index in [9.17, 15) is 0 Å². The van der Waals surface area contributed by atoms with E-state index in [0.717, 1.165) is 11.8 Å². The molecule has 0 saturated heterocycles. The average Bonchev–Trinajstić information content (AvgIpc) is 2.68. The van der Waals surface area contributed by atoms with Crippen molar-refractivity contribution in [2.24, 2.45) is 22.7 Å². The second-order valence-electron chi connectivity index (χ2n) is 7.66. The molecule has 0 spiro atoms. The Bertz CT molecular complexity index is 425. The minimum Gasteiger partial charge on any atom is -0.0835 e. The van der Waals surface area contributed by atoms with E-state index < -0.39 is 0 Å². The first-order valence-corrected chi connectivity index (χ1v) is 8.32. The Hall–Kier alpha value is -0.300. The number of hydrogen-bond donors (Lipinski definition) is 0. The van der Waals surface area contributed by atoms with Crippen molar-refractivity contribution in [3.63, 3.8) is 0 Å². The van der Waals surface area contributed by atoms with E-state index in [4.69, 9.17) is 0 Å². The highest BCUT2D eigenvalue weighted by Crippen LogP contribution is 2.73. The van der Waals surface area contributed by atoms with Crippen LogP contribution in [-0.4, -0.2) is 0 Å².